The molecule has 0 aliphatic carbocycles. The molecular formula is C31H34ClFN4O2. The maximum absolute atomic E-state index is 14.9. The summed E-state index contributed by atoms with van der Waals surface area (Å²) < 4.78 is 17.8. The van der Waals surface area contributed by atoms with Crippen LogP contribution < -0.4 is 10.6 Å². The van der Waals surface area contributed by atoms with Crippen LogP contribution in [0.3, 0.4) is 0 Å². The summed E-state index contributed by atoms with van der Waals surface area (Å²) in [4.78, 5) is 17.3. The van der Waals surface area contributed by atoms with E-state index < -0.39 is 5.82 Å². The van der Waals surface area contributed by atoms with Gasteiger partial charge in [0, 0.05) is 61.9 Å². The molecule has 0 amide bonds. The Morgan fingerprint density at radius 3 is 2.28 bits per heavy atom. The number of aromatic hydroxyl groups is 1. The van der Waals surface area contributed by atoms with Crippen molar-refractivity contribution in [3.8, 4) is 33.7 Å². The van der Waals surface area contributed by atoms with E-state index >= 15 is 0 Å². The molecule has 0 radical (unpaired) electrons. The van der Waals surface area contributed by atoms with Crippen molar-refractivity contribution in [1.29, 1.82) is 0 Å². The molecule has 1 aromatic heterocycles. The zero-order valence-corrected chi connectivity index (χ0v) is 23.3. The minimum absolute atomic E-state index is 0.0205. The number of benzene rings is 3. The maximum atomic E-state index is 14.9. The summed E-state index contributed by atoms with van der Waals surface area (Å²) in [7, 11) is 1.66. The molecule has 204 valence electrons. The molecule has 1 aliphatic heterocycles. The van der Waals surface area contributed by atoms with E-state index in [1.165, 1.54) is 21.3 Å². The average molecular weight is 549 g/mol. The van der Waals surface area contributed by atoms with E-state index in [2.05, 4.69) is 29.7 Å². The number of hydrogen-bond donors (Lipinski definition) is 1. The van der Waals surface area contributed by atoms with Crippen molar-refractivity contribution in [1.82, 2.24) is 14.0 Å². The lowest BCUT2D eigenvalue weighted by Gasteiger charge is -2.34. The third-order valence-corrected chi connectivity index (χ3v) is 7.88. The van der Waals surface area contributed by atoms with Crippen LogP contribution in [0, 0.1) is 5.82 Å². The second-order valence-corrected chi connectivity index (χ2v) is 10.9. The Labute approximate surface area is 233 Å². The zero-order chi connectivity index (χ0) is 27.7. The van der Waals surface area contributed by atoms with Crippen molar-refractivity contribution in [2.45, 2.75) is 32.7 Å². The number of aryl methyl sites for hydroxylation is 1. The first-order chi connectivity index (χ1) is 18.7. The van der Waals surface area contributed by atoms with E-state index in [-0.39, 0.29) is 11.4 Å². The van der Waals surface area contributed by atoms with Crippen LogP contribution in [0.15, 0.2) is 71.8 Å². The van der Waals surface area contributed by atoms with Crippen LogP contribution in [-0.2, 0) is 7.05 Å². The first-order valence-corrected chi connectivity index (χ1v) is 13.8. The molecule has 0 saturated carbocycles. The van der Waals surface area contributed by atoms with E-state index in [1.807, 2.05) is 18.2 Å². The second kappa shape index (κ2) is 11.3. The normalized spacial score (nSPS) is 15.0. The summed E-state index contributed by atoms with van der Waals surface area (Å²) in [5, 5.41) is 11.7. The highest BCUT2D eigenvalue weighted by Crippen LogP contribution is 2.41. The van der Waals surface area contributed by atoms with Crippen LogP contribution in [0.5, 0.6) is 5.75 Å². The molecule has 5 rings (SSSR count). The lowest BCUT2D eigenvalue weighted by Crippen LogP contribution is -2.42. The van der Waals surface area contributed by atoms with Crippen LogP contribution in [0.4, 0.5) is 10.1 Å². The third kappa shape index (κ3) is 5.60. The van der Waals surface area contributed by atoms with E-state index in [1.54, 1.807) is 37.6 Å². The number of halogens is 2. The summed E-state index contributed by atoms with van der Waals surface area (Å²) in [5.74, 6) is -0.477. The Morgan fingerprint density at radius 1 is 0.897 bits per heavy atom. The average Bonchev–Trinajstić information content (AvgIpc) is 3.22. The molecule has 1 saturated heterocycles. The Hall–Kier alpha value is -3.55. The van der Waals surface area contributed by atoms with Crippen LogP contribution in [0.25, 0.3) is 27.9 Å². The third-order valence-electron chi connectivity index (χ3n) is 7.57. The monoisotopic (exact) mass is 548 g/mol. The molecule has 0 bridgehead atoms. The number of rotatable bonds is 5. The minimum Gasteiger partial charge on any atom is -0.507 e. The molecular weight excluding hydrogens is 515 g/mol. The fourth-order valence-corrected chi connectivity index (χ4v) is 5.56. The van der Waals surface area contributed by atoms with Gasteiger partial charge in [0.15, 0.2) is 0 Å². The number of hydrogen-bond acceptors (Lipinski definition) is 4. The molecule has 2 heterocycles. The summed E-state index contributed by atoms with van der Waals surface area (Å²) in [5.41, 5.74) is 3.40. The van der Waals surface area contributed by atoms with Gasteiger partial charge in [0.25, 0.3) is 0 Å². The summed E-state index contributed by atoms with van der Waals surface area (Å²) in [6.07, 6.45) is 5.55. The molecule has 0 unspecified atom stereocenters. The van der Waals surface area contributed by atoms with Gasteiger partial charge in [0.2, 0.25) is 0 Å². The predicted molar refractivity (Wildman–Crippen MR) is 157 cm³/mol. The molecule has 6 nitrogen and oxygen atoms in total. The van der Waals surface area contributed by atoms with E-state index in [0.29, 0.717) is 33.4 Å². The van der Waals surface area contributed by atoms with Gasteiger partial charge in [-0.3, -0.25) is 9.47 Å². The first-order valence-electron chi connectivity index (χ1n) is 13.4. The van der Waals surface area contributed by atoms with Crippen molar-refractivity contribution >= 4 is 17.3 Å². The number of nitrogens with zero attached hydrogens (tertiary/aromatic N) is 4. The lowest BCUT2D eigenvalue weighted by atomic mass is 9.96. The van der Waals surface area contributed by atoms with Crippen LogP contribution >= 0.6 is 11.6 Å². The Balaban J connectivity index is 1.48. The molecule has 0 spiro atoms. The van der Waals surface area contributed by atoms with Crippen molar-refractivity contribution < 1.29 is 9.50 Å². The van der Waals surface area contributed by atoms with E-state index in [0.717, 1.165) is 50.3 Å². The van der Waals surface area contributed by atoms with Crippen LogP contribution in [0.1, 0.15) is 26.7 Å². The molecule has 8 heteroatoms. The van der Waals surface area contributed by atoms with Crippen molar-refractivity contribution in [3.63, 3.8) is 0 Å². The topological polar surface area (TPSA) is 53.6 Å². The second-order valence-electron chi connectivity index (χ2n) is 10.5. The first kappa shape index (κ1) is 27.0. The zero-order valence-electron chi connectivity index (χ0n) is 22.6. The summed E-state index contributed by atoms with van der Waals surface area (Å²) in [6, 6.07) is 16.2. The predicted octanol–water partition coefficient (Wildman–Crippen LogP) is 6.32. The van der Waals surface area contributed by atoms with Crippen LogP contribution in [-0.4, -0.2) is 51.4 Å². The quantitative estimate of drug-likeness (QED) is 0.317. The summed E-state index contributed by atoms with van der Waals surface area (Å²) in [6.45, 7) is 8.46. The number of anilines is 1. The lowest BCUT2D eigenvalue weighted by molar-refractivity contribution is 0.215. The van der Waals surface area contributed by atoms with Gasteiger partial charge in [0.1, 0.15) is 11.6 Å². The molecule has 1 fully saturated rings. The largest absolute Gasteiger partial charge is 0.507 e. The molecule has 39 heavy (non-hydrogen) atoms. The Bertz CT molecular complexity index is 1540. The van der Waals surface area contributed by atoms with Crippen molar-refractivity contribution in [3.05, 3.63) is 88.3 Å². The van der Waals surface area contributed by atoms with Gasteiger partial charge in [-0.05, 0) is 80.8 Å². The highest BCUT2D eigenvalue weighted by Gasteiger charge is 2.19. The van der Waals surface area contributed by atoms with Crippen molar-refractivity contribution in [2.24, 2.45) is 7.05 Å². The Kier molecular flexibility index (Phi) is 7.82. The van der Waals surface area contributed by atoms with E-state index in [9.17, 15) is 14.3 Å². The smallest absolute Gasteiger partial charge is 0.332 e. The summed E-state index contributed by atoms with van der Waals surface area (Å²) >= 11 is 6.55. The van der Waals surface area contributed by atoms with Crippen molar-refractivity contribution in [2.75, 3.05) is 31.1 Å². The molecule has 0 atom stereocenters. The van der Waals surface area contributed by atoms with E-state index in [4.69, 9.17) is 11.6 Å². The van der Waals surface area contributed by atoms with Gasteiger partial charge in [-0.25, -0.2) is 9.18 Å². The Morgan fingerprint density at radius 2 is 1.62 bits per heavy atom. The molecule has 1 N–H and O–H groups in total. The highest BCUT2D eigenvalue weighted by molar-refractivity contribution is 6.32. The fraction of sp³-hybridized carbons (Fsp3) is 0.323. The minimum atomic E-state index is -0.457. The number of phenols is 1. The maximum Gasteiger partial charge on any atom is 0.332 e. The van der Waals surface area contributed by atoms with Gasteiger partial charge < -0.3 is 14.6 Å². The van der Waals surface area contributed by atoms with Gasteiger partial charge in [-0.2, -0.15) is 0 Å². The van der Waals surface area contributed by atoms with Gasteiger partial charge in [-0.1, -0.05) is 29.8 Å². The number of aromatic nitrogens is 2. The fourth-order valence-electron chi connectivity index (χ4n) is 5.29. The molecule has 3 aromatic carbocycles. The molecule has 4 aromatic rings. The highest BCUT2D eigenvalue weighted by atomic mass is 35.5. The van der Waals surface area contributed by atoms with Crippen LogP contribution in [0.2, 0.25) is 5.02 Å². The van der Waals surface area contributed by atoms with Gasteiger partial charge >= 0.3 is 5.69 Å². The molecule has 1 aliphatic rings. The number of imidazole rings is 1. The van der Waals surface area contributed by atoms with Gasteiger partial charge in [-0.15, -0.1) is 0 Å². The standard InChI is InChI=1S/C31H34ClFN4O2/c1-21(2)35-11-4-5-12-36(15-14-35)25-8-6-7-22(17-25)26-19-24(33)20-27(30(26)38)23-9-10-29(28(32)18-23)37-16-13-34(3)31(37)39/h6-10,13,16-21,38H,4-5,11-12,14-15H2,1-3H3. The SMILES string of the molecule is CC(C)N1CCCCN(c2cccc(-c3cc(F)cc(-c4ccc(-n5ccn(C)c5=O)c(Cl)c4)c3O)c2)CC1. The number of phenolic OH excluding ortho intramolecular Hbond substituents is 1. The van der Waals surface area contributed by atoms with Gasteiger partial charge in [0.05, 0.1) is 10.7 Å².